The van der Waals surface area contributed by atoms with E-state index in [9.17, 15) is 0 Å². The zero-order chi connectivity index (χ0) is 15.6. The highest BCUT2D eigenvalue weighted by atomic mass is 16.5. The minimum Gasteiger partial charge on any atom is -0.494 e. The summed E-state index contributed by atoms with van der Waals surface area (Å²) in [6.45, 7) is 3.80. The Morgan fingerprint density at radius 3 is 2.83 bits per heavy atom. The molecule has 3 aromatic rings. The van der Waals surface area contributed by atoms with Gasteiger partial charge >= 0.3 is 0 Å². The second kappa shape index (κ2) is 6.07. The van der Waals surface area contributed by atoms with Gasteiger partial charge in [0.2, 0.25) is 0 Å². The second-order valence-electron chi connectivity index (χ2n) is 6.40. The van der Waals surface area contributed by atoms with Crippen LogP contribution in [0.2, 0.25) is 0 Å². The third kappa shape index (κ3) is 3.09. The van der Waals surface area contributed by atoms with Gasteiger partial charge in [0, 0.05) is 12.5 Å². The lowest BCUT2D eigenvalue weighted by Crippen LogP contribution is -2.07. The molecule has 0 unspecified atom stereocenters. The van der Waals surface area contributed by atoms with E-state index in [1.54, 1.807) is 0 Å². The van der Waals surface area contributed by atoms with Crippen LogP contribution in [-0.4, -0.2) is 16.2 Å². The van der Waals surface area contributed by atoms with Crippen LogP contribution in [0, 0.1) is 6.92 Å². The average molecular weight is 306 g/mol. The normalized spacial score (nSPS) is 14.3. The van der Waals surface area contributed by atoms with Crippen LogP contribution >= 0.6 is 0 Å². The molecule has 23 heavy (non-hydrogen) atoms. The molecule has 118 valence electrons. The largest absolute Gasteiger partial charge is 0.494 e. The van der Waals surface area contributed by atoms with Crippen LogP contribution in [0.5, 0.6) is 5.75 Å². The molecule has 1 saturated carbocycles. The molecule has 1 heterocycles. The topological polar surface area (TPSA) is 27.1 Å². The Morgan fingerprint density at radius 1 is 1.13 bits per heavy atom. The third-order valence-corrected chi connectivity index (χ3v) is 4.41. The molecule has 0 radical (unpaired) electrons. The van der Waals surface area contributed by atoms with Crippen LogP contribution in [0.3, 0.4) is 0 Å². The molecule has 1 aliphatic carbocycles. The van der Waals surface area contributed by atoms with Gasteiger partial charge in [-0.2, -0.15) is 0 Å². The van der Waals surface area contributed by atoms with Crippen molar-refractivity contribution in [2.75, 3.05) is 6.61 Å². The van der Waals surface area contributed by atoms with Crippen molar-refractivity contribution in [1.82, 2.24) is 9.55 Å². The van der Waals surface area contributed by atoms with E-state index in [0.717, 1.165) is 30.8 Å². The first kappa shape index (κ1) is 14.3. The molecule has 0 amide bonds. The fourth-order valence-corrected chi connectivity index (χ4v) is 3.10. The maximum absolute atomic E-state index is 5.88. The predicted octanol–water partition coefficient (Wildman–Crippen LogP) is 4.69. The highest BCUT2D eigenvalue weighted by molar-refractivity contribution is 5.76. The third-order valence-electron chi connectivity index (χ3n) is 4.41. The molecule has 0 bridgehead atoms. The van der Waals surface area contributed by atoms with E-state index in [2.05, 4.69) is 47.9 Å². The Hall–Kier alpha value is -2.29. The Labute approximate surface area is 136 Å². The molecular formula is C20H22N2O. The standard InChI is InChI=1S/C20H22N2O/c1-15-6-4-7-17(14-15)23-13-5-12-22-19-9-3-2-8-18(19)21-20(22)16-10-11-16/h2-4,6-9,14,16H,5,10-13H2,1H3. The number of ether oxygens (including phenoxy) is 1. The van der Waals surface area contributed by atoms with Crippen molar-refractivity contribution < 1.29 is 4.74 Å². The van der Waals surface area contributed by atoms with Crippen LogP contribution in [0.1, 0.15) is 36.6 Å². The number of rotatable bonds is 6. The fraction of sp³-hybridized carbons (Fsp3) is 0.350. The summed E-state index contributed by atoms with van der Waals surface area (Å²) in [7, 11) is 0. The van der Waals surface area contributed by atoms with Crippen molar-refractivity contribution >= 4 is 11.0 Å². The first-order valence-electron chi connectivity index (χ1n) is 8.46. The Morgan fingerprint density at radius 2 is 2.00 bits per heavy atom. The van der Waals surface area contributed by atoms with Crippen molar-refractivity contribution in [2.45, 2.75) is 38.6 Å². The van der Waals surface area contributed by atoms with Crippen molar-refractivity contribution in [1.29, 1.82) is 0 Å². The highest BCUT2D eigenvalue weighted by Crippen LogP contribution is 2.40. The summed E-state index contributed by atoms with van der Waals surface area (Å²) in [6.07, 6.45) is 3.56. The van der Waals surface area contributed by atoms with Gasteiger partial charge < -0.3 is 9.30 Å². The molecule has 4 rings (SSSR count). The van der Waals surface area contributed by atoms with Crippen LogP contribution in [0.4, 0.5) is 0 Å². The molecule has 0 saturated heterocycles. The van der Waals surface area contributed by atoms with E-state index in [-0.39, 0.29) is 0 Å². The zero-order valence-electron chi connectivity index (χ0n) is 13.5. The van der Waals surface area contributed by atoms with Crippen molar-refractivity contribution in [3.8, 4) is 5.75 Å². The van der Waals surface area contributed by atoms with Crippen LogP contribution in [0.15, 0.2) is 48.5 Å². The zero-order valence-corrected chi connectivity index (χ0v) is 13.5. The number of fused-ring (bicyclic) bond motifs is 1. The predicted molar refractivity (Wildman–Crippen MR) is 93.0 cm³/mol. The van der Waals surface area contributed by atoms with Gasteiger partial charge in [0.1, 0.15) is 11.6 Å². The van der Waals surface area contributed by atoms with Gasteiger partial charge in [-0.3, -0.25) is 0 Å². The number of hydrogen-bond donors (Lipinski definition) is 0. The number of hydrogen-bond acceptors (Lipinski definition) is 2. The lowest BCUT2D eigenvalue weighted by atomic mass is 10.2. The number of aryl methyl sites for hydroxylation is 2. The van der Waals surface area contributed by atoms with E-state index < -0.39 is 0 Å². The summed E-state index contributed by atoms with van der Waals surface area (Å²) in [6, 6.07) is 16.7. The van der Waals surface area contributed by atoms with E-state index in [0.29, 0.717) is 5.92 Å². The van der Waals surface area contributed by atoms with Gasteiger partial charge in [-0.05, 0) is 56.0 Å². The maximum Gasteiger partial charge on any atom is 0.119 e. The molecule has 0 aliphatic heterocycles. The molecule has 3 heteroatoms. The van der Waals surface area contributed by atoms with Crippen molar-refractivity contribution in [2.24, 2.45) is 0 Å². The van der Waals surface area contributed by atoms with Crippen LogP contribution < -0.4 is 4.74 Å². The number of nitrogens with zero attached hydrogens (tertiary/aromatic N) is 2. The summed E-state index contributed by atoms with van der Waals surface area (Å²) in [5.74, 6) is 2.89. The second-order valence-corrected chi connectivity index (χ2v) is 6.40. The molecule has 1 aromatic heterocycles. The fourth-order valence-electron chi connectivity index (χ4n) is 3.10. The highest BCUT2D eigenvalue weighted by Gasteiger charge is 2.29. The van der Waals surface area contributed by atoms with Gasteiger partial charge in [0.25, 0.3) is 0 Å². The van der Waals surface area contributed by atoms with Gasteiger partial charge in [-0.15, -0.1) is 0 Å². The van der Waals surface area contributed by atoms with Gasteiger partial charge in [-0.25, -0.2) is 4.98 Å². The summed E-state index contributed by atoms with van der Waals surface area (Å²) in [5.41, 5.74) is 3.61. The molecular weight excluding hydrogens is 284 g/mol. The van der Waals surface area contributed by atoms with Crippen molar-refractivity contribution in [3.63, 3.8) is 0 Å². The molecule has 2 aromatic carbocycles. The van der Waals surface area contributed by atoms with Crippen LogP contribution in [0.25, 0.3) is 11.0 Å². The van der Waals surface area contributed by atoms with Gasteiger partial charge in [-0.1, -0.05) is 24.3 Å². The smallest absolute Gasteiger partial charge is 0.119 e. The van der Waals surface area contributed by atoms with Crippen LogP contribution in [-0.2, 0) is 6.54 Å². The van der Waals surface area contributed by atoms with Crippen molar-refractivity contribution in [3.05, 3.63) is 59.9 Å². The molecule has 0 spiro atoms. The SMILES string of the molecule is Cc1cccc(OCCCn2c(C3CC3)nc3ccccc32)c1. The first-order valence-corrected chi connectivity index (χ1v) is 8.46. The molecule has 0 atom stereocenters. The molecule has 1 aliphatic rings. The Balaban J connectivity index is 1.44. The minimum absolute atomic E-state index is 0.667. The number of para-hydroxylation sites is 2. The first-order chi connectivity index (χ1) is 11.3. The molecule has 3 nitrogen and oxygen atoms in total. The van der Waals surface area contributed by atoms with E-state index >= 15 is 0 Å². The number of imidazole rings is 1. The summed E-state index contributed by atoms with van der Waals surface area (Å²) >= 11 is 0. The van der Waals surface area contributed by atoms with Gasteiger partial charge in [0.05, 0.1) is 17.6 Å². The quantitative estimate of drug-likeness (QED) is 0.618. The molecule has 0 N–H and O–H groups in total. The summed E-state index contributed by atoms with van der Waals surface area (Å²) in [5, 5.41) is 0. The number of aromatic nitrogens is 2. The summed E-state index contributed by atoms with van der Waals surface area (Å²) in [4.78, 5) is 4.85. The average Bonchev–Trinajstić information content (AvgIpc) is 3.34. The minimum atomic E-state index is 0.667. The summed E-state index contributed by atoms with van der Waals surface area (Å²) < 4.78 is 8.27. The van der Waals surface area contributed by atoms with E-state index in [4.69, 9.17) is 9.72 Å². The van der Waals surface area contributed by atoms with Gasteiger partial charge in [0.15, 0.2) is 0 Å². The lowest BCUT2D eigenvalue weighted by Gasteiger charge is -2.10. The monoisotopic (exact) mass is 306 g/mol. The number of benzene rings is 2. The Kier molecular flexibility index (Phi) is 3.78. The van der Waals surface area contributed by atoms with E-state index in [1.807, 2.05) is 12.1 Å². The lowest BCUT2D eigenvalue weighted by molar-refractivity contribution is 0.301. The molecule has 1 fully saturated rings. The maximum atomic E-state index is 5.88. The Bertz CT molecular complexity index is 817. The van der Waals surface area contributed by atoms with E-state index in [1.165, 1.54) is 29.7 Å².